The predicted molar refractivity (Wildman–Crippen MR) is 120 cm³/mol. The number of hydrogen-bond donors (Lipinski definition) is 2. The van der Waals surface area contributed by atoms with Crippen molar-refractivity contribution in [3.8, 4) is 17.0 Å². The molecular formula is C23H26F3N5O. The van der Waals surface area contributed by atoms with Crippen LogP contribution in [-0.4, -0.2) is 48.4 Å². The second-order valence-electron chi connectivity index (χ2n) is 7.55. The van der Waals surface area contributed by atoms with Gasteiger partial charge in [-0.15, -0.1) is 13.2 Å². The van der Waals surface area contributed by atoms with Gasteiger partial charge in [-0.25, -0.2) is 4.98 Å². The largest absolute Gasteiger partial charge is 0.573 e. The number of aryl methyl sites for hydroxylation is 1. The van der Waals surface area contributed by atoms with Gasteiger partial charge >= 0.3 is 6.36 Å². The van der Waals surface area contributed by atoms with Gasteiger partial charge in [0.05, 0.1) is 5.69 Å². The van der Waals surface area contributed by atoms with Gasteiger partial charge in [0.25, 0.3) is 0 Å². The zero-order valence-electron chi connectivity index (χ0n) is 18.2. The first kappa shape index (κ1) is 23.3. The van der Waals surface area contributed by atoms with Gasteiger partial charge in [-0.05, 0) is 44.3 Å². The molecule has 6 nitrogen and oxygen atoms in total. The molecule has 0 radical (unpaired) electrons. The molecule has 0 saturated carbocycles. The number of nitrogens with one attached hydrogen (secondary N) is 2. The first-order valence-electron chi connectivity index (χ1n) is 10.1. The van der Waals surface area contributed by atoms with Crippen molar-refractivity contribution in [3.05, 3.63) is 65.7 Å². The second kappa shape index (κ2) is 10.3. The number of nitrogens with zero attached hydrogens (tertiary/aromatic N) is 3. The summed E-state index contributed by atoms with van der Waals surface area (Å²) in [5.41, 5.74) is 3.24. The molecule has 0 amide bonds. The molecule has 0 aliphatic heterocycles. The van der Waals surface area contributed by atoms with Crippen molar-refractivity contribution in [1.82, 2.24) is 14.9 Å². The summed E-state index contributed by atoms with van der Waals surface area (Å²) in [5, 5.41) is 6.47. The highest BCUT2D eigenvalue weighted by Crippen LogP contribution is 2.28. The van der Waals surface area contributed by atoms with E-state index in [1.165, 1.54) is 18.2 Å². The van der Waals surface area contributed by atoms with Gasteiger partial charge in [0.1, 0.15) is 11.6 Å². The zero-order chi connectivity index (χ0) is 23.1. The molecule has 0 aliphatic rings. The fourth-order valence-electron chi connectivity index (χ4n) is 3.00. The zero-order valence-corrected chi connectivity index (χ0v) is 18.2. The summed E-state index contributed by atoms with van der Waals surface area (Å²) in [7, 11) is 3.92. The first-order valence-corrected chi connectivity index (χ1v) is 10.1. The molecule has 0 fully saturated rings. The Hall–Kier alpha value is -3.33. The number of halogens is 3. The number of hydrogen-bond acceptors (Lipinski definition) is 6. The molecule has 3 rings (SSSR count). The molecule has 0 aliphatic carbocycles. The minimum absolute atomic E-state index is 0.301. The summed E-state index contributed by atoms with van der Waals surface area (Å²) in [6.07, 6.45) is -4.76. The molecule has 32 heavy (non-hydrogen) atoms. The monoisotopic (exact) mass is 445 g/mol. The van der Waals surface area contributed by atoms with Crippen molar-refractivity contribution in [1.29, 1.82) is 0 Å². The van der Waals surface area contributed by atoms with Crippen LogP contribution in [-0.2, 0) is 6.54 Å². The quantitative estimate of drug-likeness (QED) is 0.487. The molecule has 0 saturated heterocycles. The summed E-state index contributed by atoms with van der Waals surface area (Å²) in [4.78, 5) is 11.0. The van der Waals surface area contributed by atoms with E-state index in [0.717, 1.165) is 17.7 Å². The highest BCUT2D eigenvalue weighted by molar-refractivity contribution is 5.66. The van der Waals surface area contributed by atoms with E-state index < -0.39 is 6.36 Å². The Kier molecular flexibility index (Phi) is 7.53. The number of ether oxygens (including phenoxy) is 1. The van der Waals surface area contributed by atoms with Gasteiger partial charge in [-0.3, -0.25) is 0 Å². The van der Waals surface area contributed by atoms with Gasteiger partial charge in [0, 0.05) is 31.3 Å². The smallest absolute Gasteiger partial charge is 0.406 e. The maximum Gasteiger partial charge on any atom is 0.573 e. The van der Waals surface area contributed by atoms with Crippen molar-refractivity contribution < 1.29 is 17.9 Å². The summed E-state index contributed by atoms with van der Waals surface area (Å²) < 4.78 is 41.9. The van der Waals surface area contributed by atoms with Gasteiger partial charge in [0.2, 0.25) is 5.95 Å². The Morgan fingerprint density at radius 3 is 2.47 bits per heavy atom. The van der Waals surface area contributed by atoms with Gasteiger partial charge < -0.3 is 20.3 Å². The fourth-order valence-corrected chi connectivity index (χ4v) is 3.00. The van der Waals surface area contributed by atoms with Crippen molar-refractivity contribution in [2.24, 2.45) is 0 Å². The molecule has 1 aromatic heterocycles. The topological polar surface area (TPSA) is 62.3 Å². The summed E-state index contributed by atoms with van der Waals surface area (Å²) in [6.45, 7) is 3.97. The van der Waals surface area contributed by atoms with Crippen LogP contribution >= 0.6 is 0 Å². The van der Waals surface area contributed by atoms with Crippen LogP contribution in [0.5, 0.6) is 5.75 Å². The van der Waals surface area contributed by atoms with Crippen molar-refractivity contribution in [2.75, 3.05) is 37.8 Å². The number of benzene rings is 2. The Labute approximate surface area is 185 Å². The summed E-state index contributed by atoms with van der Waals surface area (Å²) in [5.74, 6) is 0.650. The normalized spacial score (nSPS) is 11.5. The summed E-state index contributed by atoms with van der Waals surface area (Å²) >= 11 is 0. The van der Waals surface area contributed by atoms with Crippen molar-refractivity contribution in [3.63, 3.8) is 0 Å². The van der Waals surface area contributed by atoms with E-state index in [-0.39, 0.29) is 5.75 Å². The Morgan fingerprint density at radius 2 is 1.75 bits per heavy atom. The molecule has 0 bridgehead atoms. The number of alkyl halides is 3. The van der Waals surface area contributed by atoms with Crippen LogP contribution in [0.15, 0.2) is 54.6 Å². The second-order valence-corrected chi connectivity index (χ2v) is 7.55. The lowest BCUT2D eigenvalue weighted by Gasteiger charge is -2.14. The lowest BCUT2D eigenvalue weighted by atomic mass is 10.1. The van der Waals surface area contributed by atoms with E-state index in [1.807, 2.05) is 50.2 Å². The van der Waals surface area contributed by atoms with Crippen molar-refractivity contribution in [2.45, 2.75) is 19.8 Å². The molecule has 170 valence electrons. The van der Waals surface area contributed by atoms with Gasteiger partial charge in [-0.1, -0.05) is 36.4 Å². The average Bonchev–Trinajstić information content (AvgIpc) is 2.72. The molecule has 3 aromatic rings. The lowest BCUT2D eigenvalue weighted by Crippen LogP contribution is -2.21. The molecule has 2 aromatic carbocycles. The van der Waals surface area contributed by atoms with Crippen LogP contribution in [0.25, 0.3) is 11.3 Å². The highest BCUT2D eigenvalue weighted by atomic mass is 19.4. The SMILES string of the molecule is Cc1ccccc1CNc1cc(-c2cccc(OC(F)(F)F)c2)nc(NCCN(C)C)n1. The van der Waals surface area contributed by atoms with E-state index in [1.54, 1.807) is 12.1 Å². The van der Waals surface area contributed by atoms with Crippen LogP contribution in [0.2, 0.25) is 0 Å². The van der Waals surface area contributed by atoms with Crippen LogP contribution in [0.4, 0.5) is 24.9 Å². The Bertz CT molecular complexity index is 1040. The maximum absolute atomic E-state index is 12.6. The standard InChI is InChI=1S/C23H26F3N5O/c1-16-7-4-5-8-18(16)15-28-21-14-20(29-22(30-21)27-11-12-31(2)3)17-9-6-10-19(13-17)32-23(24,25)26/h4-10,13-14H,11-12,15H2,1-3H3,(H2,27,28,29,30). The molecule has 0 atom stereocenters. The third kappa shape index (κ3) is 7.12. The highest BCUT2D eigenvalue weighted by Gasteiger charge is 2.31. The van der Waals surface area contributed by atoms with Gasteiger partial charge in [-0.2, -0.15) is 4.98 Å². The van der Waals surface area contributed by atoms with E-state index in [0.29, 0.717) is 36.1 Å². The van der Waals surface area contributed by atoms with E-state index in [4.69, 9.17) is 0 Å². The Morgan fingerprint density at radius 1 is 0.969 bits per heavy atom. The number of aromatic nitrogens is 2. The van der Waals surface area contributed by atoms with Crippen LogP contribution in [0.3, 0.4) is 0 Å². The fraction of sp³-hybridized carbons (Fsp3) is 0.304. The van der Waals surface area contributed by atoms with E-state index >= 15 is 0 Å². The van der Waals surface area contributed by atoms with Crippen LogP contribution in [0, 0.1) is 6.92 Å². The minimum Gasteiger partial charge on any atom is -0.406 e. The Balaban J connectivity index is 1.88. The van der Waals surface area contributed by atoms with Crippen LogP contribution < -0.4 is 15.4 Å². The number of anilines is 2. The summed E-state index contributed by atoms with van der Waals surface area (Å²) in [6, 6.07) is 15.5. The predicted octanol–water partition coefficient (Wildman–Crippen LogP) is 4.94. The molecule has 2 N–H and O–H groups in total. The van der Waals surface area contributed by atoms with E-state index in [2.05, 4.69) is 25.3 Å². The molecular weight excluding hydrogens is 419 g/mol. The number of rotatable bonds is 9. The molecule has 9 heteroatoms. The lowest BCUT2D eigenvalue weighted by molar-refractivity contribution is -0.274. The van der Waals surface area contributed by atoms with Gasteiger partial charge in [0.15, 0.2) is 0 Å². The van der Waals surface area contributed by atoms with E-state index in [9.17, 15) is 13.2 Å². The molecule has 0 spiro atoms. The third-order valence-electron chi connectivity index (χ3n) is 4.65. The average molecular weight is 445 g/mol. The first-order chi connectivity index (χ1) is 15.2. The third-order valence-corrected chi connectivity index (χ3v) is 4.65. The van der Waals surface area contributed by atoms with Crippen molar-refractivity contribution >= 4 is 11.8 Å². The molecule has 0 unspecified atom stereocenters. The minimum atomic E-state index is -4.76. The molecule has 1 heterocycles. The number of likely N-dealkylation sites (N-methyl/N-ethyl adjacent to an activating group) is 1. The van der Waals surface area contributed by atoms with Crippen LogP contribution in [0.1, 0.15) is 11.1 Å². The maximum atomic E-state index is 12.6.